The molecule has 1 aliphatic rings. The third kappa shape index (κ3) is 4.56. The van der Waals surface area contributed by atoms with Crippen molar-refractivity contribution in [3.8, 4) is 5.75 Å². The van der Waals surface area contributed by atoms with Gasteiger partial charge in [0.1, 0.15) is 11.9 Å². The molecule has 1 unspecified atom stereocenters. The number of carboxylic acids is 1. The topological polar surface area (TPSA) is 49.8 Å². The van der Waals surface area contributed by atoms with E-state index in [-0.39, 0.29) is 12.5 Å². The Morgan fingerprint density at radius 1 is 1.53 bits per heavy atom. The lowest BCUT2D eigenvalue weighted by Gasteiger charge is -2.32. The number of carboxylic acid groups (broad SMARTS) is 1. The lowest BCUT2D eigenvalue weighted by atomic mass is 10.1. The van der Waals surface area contributed by atoms with Gasteiger partial charge in [-0.25, -0.2) is 0 Å². The van der Waals surface area contributed by atoms with Gasteiger partial charge in [-0.2, -0.15) is 0 Å². The molecule has 4 heteroatoms. The Balaban J connectivity index is 1.85. The van der Waals surface area contributed by atoms with Crippen molar-refractivity contribution in [1.29, 1.82) is 0 Å². The minimum absolute atomic E-state index is 0.171. The highest BCUT2D eigenvalue weighted by molar-refractivity contribution is 5.66. The number of ether oxygens (including phenoxy) is 1. The summed E-state index contributed by atoms with van der Waals surface area (Å²) in [5, 5.41) is 8.72. The van der Waals surface area contributed by atoms with E-state index >= 15 is 0 Å². The van der Waals surface area contributed by atoms with E-state index < -0.39 is 5.97 Å². The van der Waals surface area contributed by atoms with Crippen molar-refractivity contribution in [3.05, 3.63) is 29.8 Å². The Bertz CT molecular complexity index is 433. The molecule has 1 aromatic rings. The van der Waals surface area contributed by atoms with Crippen LogP contribution in [0.15, 0.2) is 24.3 Å². The quantitative estimate of drug-likeness (QED) is 0.885. The van der Waals surface area contributed by atoms with Crippen molar-refractivity contribution < 1.29 is 14.6 Å². The number of aliphatic carboxylic acids is 1. The van der Waals surface area contributed by atoms with E-state index in [9.17, 15) is 4.79 Å². The van der Waals surface area contributed by atoms with Crippen LogP contribution in [-0.4, -0.2) is 41.7 Å². The van der Waals surface area contributed by atoms with E-state index in [0.29, 0.717) is 6.54 Å². The van der Waals surface area contributed by atoms with Gasteiger partial charge in [0.2, 0.25) is 0 Å². The average molecular weight is 263 g/mol. The predicted octanol–water partition coefficient (Wildman–Crippen LogP) is 2.31. The number of rotatable bonds is 5. The number of carbonyl (C=O) groups is 1. The zero-order valence-electron chi connectivity index (χ0n) is 11.3. The Kier molecular flexibility index (Phi) is 4.80. The molecule has 0 aliphatic carbocycles. The molecule has 1 N–H and O–H groups in total. The van der Waals surface area contributed by atoms with Crippen molar-refractivity contribution in [2.75, 3.05) is 19.6 Å². The monoisotopic (exact) mass is 263 g/mol. The van der Waals surface area contributed by atoms with Gasteiger partial charge >= 0.3 is 5.97 Å². The van der Waals surface area contributed by atoms with Gasteiger partial charge in [0.25, 0.3) is 0 Å². The molecule has 1 atom stereocenters. The zero-order valence-corrected chi connectivity index (χ0v) is 11.3. The van der Waals surface area contributed by atoms with Crippen LogP contribution in [0.25, 0.3) is 0 Å². The molecule has 1 heterocycles. The summed E-state index contributed by atoms with van der Waals surface area (Å²) in [7, 11) is 0. The molecular weight excluding hydrogens is 242 g/mol. The van der Waals surface area contributed by atoms with E-state index in [4.69, 9.17) is 9.84 Å². The maximum absolute atomic E-state index is 10.6. The van der Waals surface area contributed by atoms with Crippen molar-refractivity contribution in [2.24, 2.45) is 0 Å². The highest BCUT2D eigenvalue weighted by Gasteiger charge is 2.21. The van der Waals surface area contributed by atoms with E-state index in [2.05, 4.69) is 4.90 Å². The molecule has 1 aromatic carbocycles. The van der Waals surface area contributed by atoms with Crippen molar-refractivity contribution >= 4 is 5.97 Å². The largest absolute Gasteiger partial charge is 0.489 e. The summed E-state index contributed by atoms with van der Waals surface area (Å²) in [5.74, 6) is 0.173. The molecule has 1 aliphatic heterocycles. The average Bonchev–Trinajstić information content (AvgIpc) is 2.37. The second-order valence-electron chi connectivity index (χ2n) is 5.14. The maximum atomic E-state index is 10.6. The summed E-state index contributed by atoms with van der Waals surface area (Å²) >= 11 is 0. The fourth-order valence-corrected chi connectivity index (χ4v) is 2.45. The molecule has 19 heavy (non-hydrogen) atoms. The molecule has 0 saturated carbocycles. The molecule has 0 bridgehead atoms. The second kappa shape index (κ2) is 6.57. The van der Waals surface area contributed by atoms with Gasteiger partial charge in [0, 0.05) is 13.1 Å². The Labute approximate surface area is 114 Å². The maximum Gasteiger partial charge on any atom is 0.304 e. The van der Waals surface area contributed by atoms with Crippen LogP contribution in [0.4, 0.5) is 0 Å². The summed E-state index contributed by atoms with van der Waals surface area (Å²) in [6.45, 7) is 4.46. The smallest absolute Gasteiger partial charge is 0.304 e. The summed E-state index contributed by atoms with van der Waals surface area (Å²) in [6.07, 6.45) is 2.48. The van der Waals surface area contributed by atoms with Gasteiger partial charge in [-0.3, -0.25) is 9.69 Å². The number of likely N-dealkylation sites (tertiary alicyclic amines) is 1. The van der Waals surface area contributed by atoms with Gasteiger partial charge in [-0.1, -0.05) is 12.1 Å². The van der Waals surface area contributed by atoms with E-state index in [1.165, 1.54) is 5.56 Å². The minimum atomic E-state index is -0.735. The fourth-order valence-electron chi connectivity index (χ4n) is 2.45. The Hall–Kier alpha value is -1.55. The highest BCUT2D eigenvalue weighted by atomic mass is 16.5. The van der Waals surface area contributed by atoms with Gasteiger partial charge in [-0.15, -0.1) is 0 Å². The summed E-state index contributed by atoms with van der Waals surface area (Å²) in [4.78, 5) is 12.8. The molecule has 104 valence electrons. The SMILES string of the molecule is Cc1cccc(OC2CCCN(CCC(=O)O)C2)c1. The van der Waals surface area contributed by atoms with Gasteiger partial charge in [-0.05, 0) is 44.0 Å². The summed E-state index contributed by atoms with van der Waals surface area (Å²) < 4.78 is 5.98. The number of aryl methyl sites for hydroxylation is 1. The summed E-state index contributed by atoms with van der Waals surface area (Å²) in [5.41, 5.74) is 1.19. The number of piperidine rings is 1. The molecule has 1 saturated heterocycles. The highest BCUT2D eigenvalue weighted by Crippen LogP contribution is 2.19. The van der Waals surface area contributed by atoms with Crippen LogP contribution in [0, 0.1) is 6.92 Å². The Morgan fingerprint density at radius 3 is 3.11 bits per heavy atom. The standard InChI is InChI=1S/C15H21NO3/c1-12-4-2-5-13(10-12)19-14-6-3-8-16(11-14)9-7-15(17)18/h2,4-5,10,14H,3,6-9,11H2,1H3,(H,17,18). The zero-order chi connectivity index (χ0) is 13.7. The van der Waals surface area contributed by atoms with Crippen molar-refractivity contribution in [1.82, 2.24) is 4.90 Å². The molecule has 0 radical (unpaired) electrons. The first-order valence-corrected chi connectivity index (χ1v) is 6.81. The number of hydrogen-bond donors (Lipinski definition) is 1. The molecule has 0 aromatic heterocycles. The number of hydrogen-bond acceptors (Lipinski definition) is 3. The summed E-state index contributed by atoms with van der Waals surface area (Å²) in [6, 6.07) is 8.06. The third-order valence-electron chi connectivity index (χ3n) is 3.40. The van der Waals surface area contributed by atoms with Crippen LogP contribution in [-0.2, 0) is 4.79 Å². The van der Waals surface area contributed by atoms with Gasteiger partial charge < -0.3 is 9.84 Å². The van der Waals surface area contributed by atoms with Crippen LogP contribution in [0.2, 0.25) is 0 Å². The predicted molar refractivity (Wildman–Crippen MR) is 73.5 cm³/mol. The molecule has 2 rings (SSSR count). The van der Waals surface area contributed by atoms with E-state index in [0.717, 1.165) is 31.7 Å². The van der Waals surface area contributed by atoms with Crippen LogP contribution >= 0.6 is 0 Å². The normalized spacial score (nSPS) is 20.2. The first kappa shape index (κ1) is 13.9. The first-order chi connectivity index (χ1) is 9.13. The van der Waals surface area contributed by atoms with Crippen molar-refractivity contribution in [2.45, 2.75) is 32.3 Å². The van der Waals surface area contributed by atoms with Crippen LogP contribution in [0.3, 0.4) is 0 Å². The molecule has 0 spiro atoms. The van der Waals surface area contributed by atoms with Crippen LogP contribution in [0.5, 0.6) is 5.75 Å². The molecule has 0 amide bonds. The minimum Gasteiger partial charge on any atom is -0.489 e. The number of benzene rings is 1. The van der Waals surface area contributed by atoms with Crippen LogP contribution in [0.1, 0.15) is 24.8 Å². The molecular formula is C15H21NO3. The molecule has 1 fully saturated rings. The lowest BCUT2D eigenvalue weighted by Crippen LogP contribution is -2.41. The van der Waals surface area contributed by atoms with Crippen molar-refractivity contribution in [3.63, 3.8) is 0 Å². The lowest BCUT2D eigenvalue weighted by molar-refractivity contribution is -0.137. The van der Waals surface area contributed by atoms with Gasteiger partial charge in [0.15, 0.2) is 0 Å². The molecule has 4 nitrogen and oxygen atoms in total. The van der Waals surface area contributed by atoms with Crippen LogP contribution < -0.4 is 4.74 Å². The van der Waals surface area contributed by atoms with E-state index in [1.54, 1.807) is 0 Å². The Morgan fingerprint density at radius 2 is 2.37 bits per heavy atom. The fraction of sp³-hybridized carbons (Fsp3) is 0.533. The van der Waals surface area contributed by atoms with Gasteiger partial charge in [0.05, 0.1) is 6.42 Å². The van der Waals surface area contributed by atoms with E-state index in [1.807, 2.05) is 31.2 Å². The third-order valence-corrected chi connectivity index (χ3v) is 3.40. The first-order valence-electron chi connectivity index (χ1n) is 6.81. The number of nitrogens with zero attached hydrogens (tertiary/aromatic N) is 1. The second-order valence-corrected chi connectivity index (χ2v) is 5.14.